The summed E-state index contributed by atoms with van der Waals surface area (Å²) in [7, 11) is 0. The normalized spacial score (nSPS) is 12.4. The maximum atomic E-state index is 12.4. The van der Waals surface area contributed by atoms with Crippen molar-refractivity contribution >= 4 is 126 Å². The summed E-state index contributed by atoms with van der Waals surface area (Å²) >= 11 is 6.80. The maximum absolute atomic E-state index is 12.4. The van der Waals surface area contributed by atoms with Crippen LogP contribution >= 0.6 is 24.0 Å². The van der Waals surface area contributed by atoms with E-state index in [0.29, 0.717) is 34.5 Å². The molecule has 0 bridgehead atoms. The zero-order chi connectivity index (χ0) is 51.9. The molecule has 0 fully saturated rings. The van der Waals surface area contributed by atoms with Gasteiger partial charge in [-0.3, -0.25) is 0 Å². The van der Waals surface area contributed by atoms with Crippen molar-refractivity contribution in [3.63, 3.8) is 0 Å². The van der Waals surface area contributed by atoms with Crippen molar-refractivity contribution in [2.45, 2.75) is 20.3 Å². The second kappa shape index (κ2) is 18.4. The highest BCUT2D eigenvalue weighted by Gasteiger charge is 2.33. The molecule has 0 saturated carbocycles. The Hall–Kier alpha value is -9.43. The highest BCUT2D eigenvalue weighted by atomic mass is 32.1. The summed E-state index contributed by atoms with van der Waals surface area (Å²) in [6.07, 6.45) is 11.1. The van der Waals surface area contributed by atoms with Crippen molar-refractivity contribution < 1.29 is 0 Å². The molecule has 3 aromatic heterocycles. The lowest BCUT2D eigenvalue weighted by Gasteiger charge is -2.26. The van der Waals surface area contributed by atoms with Crippen LogP contribution in [0.2, 0.25) is 0 Å². The molecule has 0 saturated heterocycles. The van der Waals surface area contributed by atoms with Gasteiger partial charge in [0.25, 0.3) is 0 Å². The molecule has 0 radical (unpaired) electrons. The summed E-state index contributed by atoms with van der Waals surface area (Å²) < 4.78 is 7.01. The molecule has 3 heterocycles. The van der Waals surface area contributed by atoms with E-state index in [9.17, 15) is 10.5 Å². The summed E-state index contributed by atoms with van der Waals surface area (Å²) in [6, 6.07) is 74.9. The molecule has 14 aromatic rings. The summed E-state index contributed by atoms with van der Waals surface area (Å²) in [5, 5.41) is 39.2. The first-order valence-electron chi connectivity index (χ1n) is 25.9. The number of fused-ring (bicyclic) bond motifs is 13. The molecule has 0 aliphatic rings. The number of nitrogens with zero attached hydrogens (tertiary/aromatic N) is 4. The molecule has 362 valence electrons. The lowest BCUT2D eigenvalue weighted by Crippen LogP contribution is -2.12. The molecular formula is C71H46N4S2. The third-order valence-electron chi connectivity index (χ3n) is 15.5. The van der Waals surface area contributed by atoms with E-state index in [4.69, 9.17) is 12.6 Å². The van der Waals surface area contributed by atoms with Gasteiger partial charge in [0.15, 0.2) is 0 Å². The van der Waals surface area contributed by atoms with Gasteiger partial charge in [0.05, 0.1) is 44.7 Å². The van der Waals surface area contributed by atoms with Crippen LogP contribution in [0.3, 0.4) is 0 Å². The van der Waals surface area contributed by atoms with E-state index in [0.717, 1.165) is 113 Å². The SMILES string of the molecule is C/C=C\C=C/Cc1c(/C=C(\C)S)n(-c2c(C#N)c(-c3ccc4ccc5ccccc5c4c3)c(C#N)c(-n3c4ccccc4c4cc5c(cc43)sc3ccccc35)c2-c2ccc3ccc4ccccc4c3c2)c2ccccc12. The Morgan fingerprint density at radius 2 is 1.00 bits per heavy atom. The zero-order valence-electron chi connectivity index (χ0n) is 42.2. The fourth-order valence-corrected chi connectivity index (χ4v) is 13.4. The molecule has 0 N–H and O–H groups in total. The van der Waals surface area contributed by atoms with E-state index in [1.165, 1.54) is 15.5 Å². The van der Waals surface area contributed by atoms with Crippen LogP contribution in [0.4, 0.5) is 0 Å². The predicted molar refractivity (Wildman–Crippen MR) is 331 cm³/mol. The van der Waals surface area contributed by atoms with Crippen LogP contribution in [0.5, 0.6) is 0 Å². The summed E-state index contributed by atoms with van der Waals surface area (Å²) in [6.45, 7) is 4.03. The average Bonchev–Trinajstić information content (AvgIpc) is 4.10. The summed E-state index contributed by atoms with van der Waals surface area (Å²) in [5.41, 5.74) is 10.1. The molecule has 77 heavy (non-hydrogen) atoms. The van der Waals surface area contributed by atoms with Gasteiger partial charge in [0, 0.05) is 47.5 Å². The molecule has 4 nitrogen and oxygen atoms in total. The van der Waals surface area contributed by atoms with Crippen LogP contribution in [0, 0.1) is 22.7 Å². The van der Waals surface area contributed by atoms with Gasteiger partial charge in [-0.05, 0) is 133 Å². The fraction of sp³-hybridized carbons (Fsp3) is 0.0423. The average molecular weight is 1020 g/mol. The third-order valence-corrected chi connectivity index (χ3v) is 16.7. The van der Waals surface area contributed by atoms with Crippen molar-refractivity contribution in [1.82, 2.24) is 9.13 Å². The van der Waals surface area contributed by atoms with Crippen molar-refractivity contribution in [1.29, 1.82) is 10.5 Å². The Bertz CT molecular complexity index is 5020. The van der Waals surface area contributed by atoms with Crippen LogP contribution in [-0.4, -0.2) is 9.13 Å². The Balaban J connectivity index is 1.25. The molecule has 0 atom stereocenters. The van der Waals surface area contributed by atoms with E-state index in [1.807, 2.05) is 19.9 Å². The topological polar surface area (TPSA) is 57.4 Å². The number of hydrogen-bond donors (Lipinski definition) is 1. The minimum Gasteiger partial charge on any atom is -0.307 e. The first kappa shape index (κ1) is 46.1. The minimum absolute atomic E-state index is 0.397. The quantitative estimate of drug-likeness (QED) is 0.0937. The lowest BCUT2D eigenvalue weighted by atomic mass is 9.85. The van der Waals surface area contributed by atoms with Gasteiger partial charge in [-0.15, -0.1) is 24.0 Å². The van der Waals surface area contributed by atoms with Gasteiger partial charge < -0.3 is 9.13 Å². The van der Waals surface area contributed by atoms with Crippen LogP contribution in [0.25, 0.3) is 136 Å². The second-order valence-corrected chi connectivity index (χ2v) is 21.6. The van der Waals surface area contributed by atoms with Crippen molar-refractivity contribution in [3.05, 3.63) is 246 Å². The van der Waals surface area contributed by atoms with E-state index in [2.05, 4.69) is 240 Å². The Morgan fingerprint density at radius 3 is 1.62 bits per heavy atom. The number of para-hydroxylation sites is 2. The van der Waals surface area contributed by atoms with Crippen LogP contribution in [-0.2, 0) is 6.42 Å². The highest BCUT2D eigenvalue weighted by molar-refractivity contribution is 7.84. The van der Waals surface area contributed by atoms with Crippen molar-refractivity contribution in [2.24, 2.45) is 0 Å². The van der Waals surface area contributed by atoms with Gasteiger partial charge >= 0.3 is 0 Å². The number of thiol groups is 1. The van der Waals surface area contributed by atoms with Crippen LogP contribution < -0.4 is 0 Å². The smallest absolute Gasteiger partial charge is 0.102 e. The lowest BCUT2D eigenvalue weighted by molar-refractivity contribution is 1.06. The maximum Gasteiger partial charge on any atom is 0.102 e. The van der Waals surface area contributed by atoms with E-state index in [-0.39, 0.29) is 0 Å². The molecule has 0 unspecified atom stereocenters. The van der Waals surface area contributed by atoms with Crippen LogP contribution in [0.15, 0.2) is 223 Å². The standard InChI is InChI=1S/C71H46N4S2/c1-3-4-5-6-21-53-52-22-11-14-25-62(52)74(64(53)36-43(2)76)70-60(41-72)68(48-34-32-46-30-28-44-17-7-9-19-50(44)56(46)37-48)61(42-73)71(69(70)49-35-33-47-31-29-45-18-8-10-20-51(45)57(47)38-49)75-63-26-15-12-23-54(63)58-39-59-55-24-13-16-27-66(55)77-67(59)40-65(58)75/h3-20,22-40,76H,21H2,1-2H3/b4-3-,6-5-,43-36+. The number of rotatable bonds is 8. The predicted octanol–water partition coefficient (Wildman–Crippen LogP) is 19.8. The van der Waals surface area contributed by atoms with E-state index < -0.39 is 0 Å². The summed E-state index contributed by atoms with van der Waals surface area (Å²) in [4.78, 5) is 0.815. The molecule has 6 heteroatoms. The molecule has 0 amide bonds. The molecular weight excluding hydrogens is 973 g/mol. The number of thiophene rings is 1. The number of allylic oxidation sites excluding steroid dienone is 5. The molecule has 14 rings (SSSR count). The van der Waals surface area contributed by atoms with Crippen LogP contribution in [0.1, 0.15) is 36.2 Å². The molecule has 0 spiro atoms. The number of hydrogen-bond acceptors (Lipinski definition) is 4. The van der Waals surface area contributed by atoms with E-state index >= 15 is 0 Å². The zero-order valence-corrected chi connectivity index (χ0v) is 43.9. The highest BCUT2D eigenvalue weighted by Crippen LogP contribution is 2.51. The van der Waals surface area contributed by atoms with Crippen molar-refractivity contribution in [3.8, 4) is 45.8 Å². The Kier molecular flexibility index (Phi) is 11.0. The van der Waals surface area contributed by atoms with E-state index in [1.54, 1.807) is 11.3 Å². The third kappa shape index (κ3) is 7.26. The van der Waals surface area contributed by atoms with Crippen molar-refractivity contribution in [2.75, 3.05) is 0 Å². The summed E-state index contributed by atoms with van der Waals surface area (Å²) in [5.74, 6) is 0. The second-order valence-electron chi connectivity index (χ2n) is 19.8. The van der Waals surface area contributed by atoms with Gasteiger partial charge in [0.2, 0.25) is 0 Å². The molecule has 0 aliphatic heterocycles. The Morgan fingerprint density at radius 1 is 0.481 bits per heavy atom. The first-order chi connectivity index (χ1) is 37.9. The number of aromatic nitrogens is 2. The molecule has 11 aromatic carbocycles. The van der Waals surface area contributed by atoms with Gasteiger partial charge in [-0.1, -0.05) is 176 Å². The minimum atomic E-state index is 0.397. The molecule has 0 aliphatic carbocycles. The largest absolute Gasteiger partial charge is 0.307 e. The first-order valence-corrected chi connectivity index (χ1v) is 27.2. The Labute approximate surface area is 454 Å². The van der Waals surface area contributed by atoms with Gasteiger partial charge in [-0.2, -0.15) is 10.5 Å². The fourth-order valence-electron chi connectivity index (χ4n) is 12.2. The van der Waals surface area contributed by atoms with Gasteiger partial charge in [0.1, 0.15) is 12.1 Å². The monoisotopic (exact) mass is 1020 g/mol. The number of nitriles is 2. The van der Waals surface area contributed by atoms with Gasteiger partial charge in [-0.25, -0.2) is 0 Å². The number of benzene rings is 11.